The van der Waals surface area contributed by atoms with Gasteiger partial charge in [0.2, 0.25) is 0 Å². The molecule has 3 rings (SSSR count). The molecule has 0 radical (unpaired) electrons. The molecule has 1 fully saturated rings. The Labute approximate surface area is 107 Å². The first-order chi connectivity index (χ1) is 8.74. The van der Waals surface area contributed by atoms with Crippen LogP contribution in [0.4, 0.5) is 0 Å². The summed E-state index contributed by atoms with van der Waals surface area (Å²) in [6.07, 6.45) is 7.90. The van der Waals surface area contributed by atoms with Crippen LogP contribution in [-0.2, 0) is 0 Å². The summed E-state index contributed by atoms with van der Waals surface area (Å²) in [4.78, 5) is 12.4. The Kier molecular flexibility index (Phi) is 3.04. The Bertz CT molecular complexity index is 546. The molecule has 2 atom stereocenters. The topological polar surface area (TPSA) is 67.6 Å². The highest BCUT2D eigenvalue weighted by Crippen LogP contribution is 2.30. The summed E-state index contributed by atoms with van der Waals surface area (Å²) in [6, 6.07) is 2.33. The second kappa shape index (κ2) is 4.69. The van der Waals surface area contributed by atoms with Crippen LogP contribution in [0.3, 0.4) is 0 Å². The molecule has 3 N–H and O–H groups in total. The number of nitrogens with one attached hydrogen (secondary N) is 1. The lowest BCUT2D eigenvalue weighted by Crippen LogP contribution is -2.28. The number of H-pyrrole nitrogens is 1. The van der Waals surface area contributed by atoms with E-state index in [1.165, 1.54) is 19.3 Å². The van der Waals surface area contributed by atoms with Crippen LogP contribution in [0.2, 0.25) is 0 Å². The molecular formula is C14H20N4. The van der Waals surface area contributed by atoms with Crippen molar-refractivity contribution in [3.05, 3.63) is 23.7 Å². The maximum Gasteiger partial charge on any atom is 0.177 e. The highest BCUT2D eigenvalue weighted by molar-refractivity contribution is 5.71. The van der Waals surface area contributed by atoms with Crippen molar-refractivity contribution in [2.45, 2.75) is 51.0 Å². The molecule has 1 aliphatic rings. The van der Waals surface area contributed by atoms with Crippen LogP contribution in [0.1, 0.15) is 49.4 Å². The summed E-state index contributed by atoms with van der Waals surface area (Å²) < 4.78 is 0. The van der Waals surface area contributed by atoms with Crippen molar-refractivity contribution in [2.75, 3.05) is 0 Å². The fourth-order valence-electron chi connectivity index (χ4n) is 2.87. The predicted octanol–water partition coefficient (Wildman–Crippen LogP) is 2.64. The van der Waals surface area contributed by atoms with Crippen molar-refractivity contribution in [3.8, 4) is 0 Å². The number of aromatic amines is 1. The van der Waals surface area contributed by atoms with Gasteiger partial charge in [0.1, 0.15) is 5.82 Å². The average molecular weight is 244 g/mol. The number of aryl methyl sites for hydroxylation is 1. The Morgan fingerprint density at radius 1 is 1.28 bits per heavy atom. The SMILES string of the molecule is Cc1cnc2nc(C3CCCCCC3N)[nH]c2c1. The van der Waals surface area contributed by atoms with Crippen LogP contribution < -0.4 is 5.73 Å². The van der Waals surface area contributed by atoms with Crippen molar-refractivity contribution in [1.82, 2.24) is 15.0 Å². The van der Waals surface area contributed by atoms with Gasteiger partial charge in [0, 0.05) is 18.2 Å². The van der Waals surface area contributed by atoms with E-state index < -0.39 is 0 Å². The highest BCUT2D eigenvalue weighted by atomic mass is 15.0. The third kappa shape index (κ3) is 2.12. The molecule has 4 heteroatoms. The van der Waals surface area contributed by atoms with E-state index in [1.54, 1.807) is 0 Å². The summed E-state index contributed by atoms with van der Waals surface area (Å²) in [5, 5.41) is 0. The molecule has 0 spiro atoms. The zero-order valence-electron chi connectivity index (χ0n) is 10.8. The number of nitrogens with two attached hydrogens (primary N) is 1. The van der Waals surface area contributed by atoms with Crippen molar-refractivity contribution in [1.29, 1.82) is 0 Å². The van der Waals surface area contributed by atoms with Crippen molar-refractivity contribution >= 4 is 11.2 Å². The van der Waals surface area contributed by atoms with Gasteiger partial charge in [-0.25, -0.2) is 9.97 Å². The predicted molar refractivity (Wildman–Crippen MR) is 72.4 cm³/mol. The molecule has 1 aliphatic carbocycles. The van der Waals surface area contributed by atoms with E-state index in [0.717, 1.165) is 35.4 Å². The number of rotatable bonds is 1. The summed E-state index contributed by atoms with van der Waals surface area (Å²) in [6.45, 7) is 2.05. The smallest absolute Gasteiger partial charge is 0.177 e. The molecule has 18 heavy (non-hydrogen) atoms. The molecule has 0 amide bonds. The number of imidazole rings is 1. The molecule has 0 bridgehead atoms. The van der Waals surface area contributed by atoms with Crippen LogP contribution >= 0.6 is 0 Å². The molecule has 0 saturated heterocycles. The van der Waals surface area contributed by atoms with Crippen LogP contribution in [0, 0.1) is 6.92 Å². The average Bonchev–Trinajstić information content (AvgIpc) is 2.63. The standard InChI is InChI=1S/C14H20N4/c1-9-7-12-14(16-8-9)18-13(17-12)10-5-3-2-4-6-11(10)15/h7-8,10-11H,2-6,15H2,1H3,(H,16,17,18). The summed E-state index contributed by atoms with van der Waals surface area (Å²) in [5.41, 5.74) is 9.28. The minimum absolute atomic E-state index is 0.231. The lowest BCUT2D eigenvalue weighted by molar-refractivity contribution is 0.488. The zero-order valence-corrected chi connectivity index (χ0v) is 10.8. The van der Waals surface area contributed by atoms with Crippen LogP contribution in [0.25, 0.3) is 11.2 Å². The maximum absolute atomic E-state index is 6.28. The second-order valence-electron chi connectivity index (χ2n) is 5.41. The first-order valence-electron chi connectivity index (χ1n) is 6.82. The van der Waals surface area contributed by atoms with E-state index in [0.29, 0.717) is 5.92 Å². The quantitative estimate of drug-likeness (QED) is 0.758. The van der Waals surface area contributed by atoms with Gasteiger partial charge in [-0.2, -0.15) is 0 Å². The minimum atomic E-state index is 0.231. The van der Waals surface area contributed by atoms with E-state index in [2.05, 4.69) is 21.0 Å². The molecule has 0 aliphatic heterocycles. The number of aromatic nitrogens is 3. The molecule has 2 heterocycles. The van der Waals surface area contributed by atoms with E-state index in [-0.39, 0.29) is 6.04 Å². The van der Waals surface area contributed by atoms with Crippen molar-refractivity contribution < 1.29 is 0 Å². The first kappa shape index (κ1) is 11.7. The third-order valence-corrected chi connectivity index (χ3v) is 3.91. The zero-order chi connectivity index (χ0) is 12.5. The summed E-state index contributed by atoms with van der Waals surface area (Å²) in [5.74, 6) is 1.39. The number of hydrogen-bond acceptors (Lipinski definition) is 3. The molecule has 1 saturated carbocycles. The molecule has 0 aromatic carbocycles. The molecule has 96 valence electrons. The minimum Gasteiger partial charge on any atom is -0.340 e. The number of pyridine rings is 1. The third-order valence-electron chi connectivity index (χ3n) is 3.91. The number of nitrogens with zero attached hydrogens (tertiary/aromatic N) is 2. The van der Waals surface area contributed by atoms with E-state index in [9.17, 15) is 0 Å². The number of fused-ring (bicyclic) bond motifs is 1. The molecule has 2 aromatic rings. The lowest BCUT2D eigenvalue weighted by atomic mass is 9.95. The number of hydrogen-bond donors (Lipinski definition) is 2. The largest absolute Gasteiger partial charge is 0.340 e. The Balaban J connectivity index is 1.97. The van der Waals surface area contributed by atoms with Crippen LogP contribution in [0.15, 0.2) is 12.3 Å². The molecule has 2 aromatic heterocycles. The van der Waals surface area contributed by atoms with E-state index >= 15 is 0 Å². The normalized spacial score (nSPS) is 25.2. The monoisotopic (exact) mass is 244 g/mol. The van der Waals surface area contributed by atoms with Gasteiger partial charge in [0.25, 0.3) is 0 Å². The highest BCUT2D eigenvalue weighted by Gasteiger charge is 2.24. The fraction of sp³-hybridized carbons (Fsp3) is 0.571. The van der Waals surface area contributed by atoms with Gasteiger partial charge in [-0.3, -0.25) is 0 Å². The maximum atomic E-state index is 6.28. The van der Waals surface area contributed by atoms with Crippen molar-refractivity contribution in [2.24, 2.45) is 5.73 Å². The Hall–Kier alpha value is -1.42. The van der Waals surface area contributed by atoms with Gasteiger partial charge in [0.15, 0.2) is 5.65 Å². The second-order valence-corrected chi connectivity index (χ2v) is 5.41. The first-order valence-corrected chi connectivity index (χ1v) is 6.82. The Morgan fingerprint density at radius 2 is 2.11 bits per heavy atom. The molecule has 2 unspecified atom stereocenters. The van der Waals surface area contributed by atoms with E-state index in [1.807, 2.05) is 13.1 Å². The van der Waals surface area contributed by atoms with Gasteiger partial charge >= 0.3 is 0 Å². The summed E-state index contributed by atoms with van der Waals surface area (Å²) >= 11 is 0. The Morgan fingerprint density at radius 3 is 3.00 bits per heavy atom. The summed E-state index contributed by atoms with van der Waals surface area (Å²) in [7, 11) is 0. The van der Waals surface area contributed by atoms with Crippen LogP contribution in [-0.4, -0.2) is 21.0 Å². The molecule has 4 nitrogen and oxygen atoms in total. The van der Waals surface area contributed by atoms with Gasteiger partial charge < -0.3 is 10.7 Å². The lowest BCUT2D eigenvalue weighted by Gasteiger charge is -2.18. The van der Waals surface area contributed by atoms with Gasteiger partial charge in [0.05, 0.1) is 5.52 Å². The van der Waals surface area contributed by atoms with Gasteiger partial charge in [-0.05, 0) is 31.4 Å². The molecular weight excluding hydrogens is 224 g/mol. The van der Waals surface area contributed by atoms with Crippen LogP contribution in [0.5, 0.6) is 0 Å². The van der Waals surface area contributed by atoms with E-state index in [4.69, 9.17) is 5.73 Å². The fourth-order valence-corrected chi connectivity index (χ4v) is 2.87. The van der Waals surface area contributed by atoms with Crippen molar-refractivity contribution in [3.63, 3.8) is 0 Å². The van der Waals surface area contributed by atoms with Gasteiger partial charge in [-0.1, -0.05) is 19.3 Å². The van der Waals surface area contributed by atoms with Gasteiger partial charge in [-0.15, -0.1) is 0 Å².